The van der Waals surface area contributed by atoms with Crippen LogP contribution in [0.4, 0.5) is 0 Å². The number of carboxylic acid groups (broad SMARTS) is 1. The minimum atomic E-state index is -1.07. The third-order valence-corrected chi connectivity index (χ3v) is 4.99. The molecule has 2 aromatic heterocycles. The molecule has 0 atom stereocenters. The topological polar surface area (TPSA) is 59.3 Å². The van der Waals surface area contributed by atoms with Gasteiger partial charge in [-0.05, 0) is 37.3 Å². The summed E-state index contributed by atoms with van der Waals surface area (Å²) >= 11 is 1.57. The molecule has 0 saturated carbocycles. The molecule has 5 heteroatoms. The Labute approximate surface area is 120 Å². The molecule has 2 aromatic rings. The summed E-state index contributed by atoms with van der Waals surface area (Å²) in [5, 5.41) is 10.0. The molecule has 1 aliphatic carbocycles. The van der Waals surface area contributed by atoms with Gasteiger partial charge in [-0.1, -0.05) is 6.08 Å². The van der Waals surface area contributed by atoms with E-state index in [0.717, 1.165) is 41.3 Å². The Morgan fingerprint density at radius 2 is 2.20 bits per heavy atom. The first-order chi connectivity index (χ1) is 9.63. The molecular weight excluding hydrogens is 274 g/mol. The van der Waals surface area contributed by atoms with E-state index in [1.807, 2.05) is 0 Å². The Balaban J connectivity index is 2.38. The van der Waals surface area contributed by atoms with Crippen LogP contribution in [-0.4, -0.2) is 15.6 Å². The summed E-state index contributed by atoms with van der Waals surface area (Å²) in [7, 11) is 0. The molecule has 0 fully saturated rings. The molecular formula is C15H15NO3S. The van der Waals surface area contributed by atoms with E-state index in [2.05, 4.69) is 6.58 Å². The minimum absolute atomic E-state index is 0.0426. The summed E-state index contributed by atoms with van der Waals surface area (Å²) in [6.07, 6.45) is 5.72. The van der Waals surface area contributed by atoms with Gasteiger partial charge in [0.1, 0.15) is 5.69 Å². The largest absolute Gasteiger partial charge is 0.477 e. The van der Waals surface area contributed by atoms with Crippen molar-refractivity contribution in [2.75, 3.05) is 0 Å². The van der Waals surface area contributed by atoms with Crippen LogP contribution in [0.3, 0.4) is 0 Å². The number of nitrogens with zero attached hydrogens (tertiary/aromatic N) is 1. The molecule has 1 aliphatic rings. The summed E-state index contributed by atoms with van der Waals surface area (Å²) < 4.78 is 2.11. The van der Waals surface area contributed by atoms with Gasteiger partial charge in [0.25, 0.3) is 5.56 Å². The van der Waals surface area contributed by atoms with Gasteiger partial charge in [-0.25, -0.2) is 4.79 Å². The van der Waals surface area contributed by atoms with Crippen molar-refractivity contribution >= 4 is 27.4 Å². The maximum atomic E-state index is 12.6. The van der Waals surface area contributed by atoms with Crippen molar-refractivity contribution in [2.45, 2.75) is 32.2 Å². The Hall–Kier alpha value is -1.88. The highest BCUT2D eigenvalue weighted by atomic mass is 32.1. The van der Waals surface area contributed by atoms with Crippen molar-refractivity contribution < 1.29 is 9.90 Å². The van der Waals surface area contributed by atoms with Crippen molar-refractivity contribution in [1.82, 2.24) is 4.57 Å². The molecule has 1 N–H and O–H groups in total. The SMILES string of the molecule is C=CCn1c(C(=O)O)cc2sc3c(c2c1=O)CCCC3. The highest BCUT2D eigenvalue weighted by molar-refractivity contribution is 7.19. The number of carboxylic acids is 1. The molecule has 0 spiro atoms. The van der Waals surface area contributed by atoms with Gasteiger partial charge in [0.05, 0.1) is 5.39 Å². The predicted molar refractivity (Wildman–Crippen MR) is 79.9 cm³/mol. The molecule has 0 aliphatic heterocycles. The van der Waals surface area contributed by atoms with Crippen molar-refractivity contribution in [2.24, 2.45) is 0 Å². The van der Waals surface area contributed by atoms with Crippen LogP contribution in [0.25, 0.3) is 10.1 Å². The first kappa shape index (κ1) is 13.1. The number of carbonyl (C=O) groups is 1. The van der Waals surface area contributed by atoms with E-state index in [9.17, 15) is 14.7 Å². The Morgan fingerprint density at radius 3 is 2.90 bits per heavy atom. The normalized spacial score (nSPS) is 14.2. The lowest BCUT2D eigenvalue weighted by Gasteiger charge is -2.11. The fraction of sp³-hybridized carbons (Fsp3) is 0.333. The maximum Gasteiger partial charge on any atom is 0.352 e. The number of pyridine rings is 1. The molecule has 2 heterocycles. The van der Waals surface area contributed by atoms with Crippen molar-refractivity contribution in [3.8, 4) is 0 Å². The maximum absolute atomic E-state index is 12.6. The van der Waals surface area contributed by atoms with Crippen LogP contribution < -0.4 is 5.56 Å². The predicted octanol–water partition coefficient (Wildman–Crippen LogP) is 2.83. The van der Waals surface area contributed by atoms with Gasteiger partial charge in [0, 0.05) is 16.1 Å². The number of aromatic nitrogens is 1. The van der Waals surface area contributed by atoms with E-state index in [4.69, 9.17) is 0 Å². The zero-order chi connectivity index (χ0) is 14.3. The molecule has 0 radical (unpaired) electrons. The standard InChI is InChI=1S/C15H15NO3S/c1-2-7-16-10(15(18)19)8-12-13(14(16)17)9-5-3-4-6-11(9)20-12/h2,8H,1,3-7H2,(H,18,19). The van der Waals surface area contributed by atoms with Crippen molar-refractivity contribution in [3.63, 3.8) is 0 Å². The number of fused-ring (bicyclic) bond motifs is 3. The first-order valence-corrected chi connectivity index (χ1v) is 7.47. The quantitative estimate of drug-likeness (QED) is 0.884. The van der Waals surface area contributed by atoms with Crippen LogP contribution in [0.5, 0.6) is 0 Å². The van der Waals surface area contributed by atoms with Gasteiger partial charge in [0.2, 0.25) is 0 Å². The van der Waals surface area contributed by atoms with Gasteiger partial charge in [0.15, 0.2) is 0 Å². The van der Waals surface area contributed by atoms with E-state index in [0.29, 0.717) is 0 Å². The number of thiophene rings is 1. The minimum Gasteiger partial charge on any atom is -0.477 e. The second-order valence-corrected chi connectivity index (χ2v) is 6.13. The van der Waals surface area contributed by atoms with Crippen LogP contribution in [0.1, 0.15) is 33.8 Å². The van der Waals surface area contributed by atoms with Crippen LogP contribution in [0.15, 0.2) is 23.5 Å². The molecule has 20 heavy (non-hydrogen) atoms. The summed E-state index contributed by atoms with van der Waals surface area (Å²) in [4.78, 5) is 25.2. The van der Waals surface area contributed by atoms with Gasteiger partial charge in [-0.15, -0.1) is 17.9 Å². The third kappa shape index (κ3) is 1.89. The number of aromatic carboxylic acids is 1. The van der Waals surface area contributed by atoms with E-state index >= 15 is 0 Å². The highest BCUT2D eigenvalue weighted by Gasteiger charge is 2.22. The fourth-order valence-electron chi connectivity index (χ4n) is 2.86. The monoisotopic (exact) mass is 289 g/mol. The van der Waals surface area contributed by atoms with E-state index in [-0.39, 0.29) is 17.8 Å². The van der Waals surface area contributed by atoms with Gasteiger partial charge >= 0.3 is 5.97 Å². The Bertz CT molecular complexity index is 769. The molecule has 4 nitrogen and oxygen atoms in total. The van der Waals surface area contributed by atoms with E-state index < -0.39 is 5.97 Å². The Morgan fingerprint density at radius 1 is 1.45 bits per heavy atom. The third-order valence-electron chi connectivity index (χ3n) is 3.75. The first-order valence-electron chi connectivity index (χ1n) is 6.65. The molecule has 0 aromatic carbocycles. The lowest BCUT2D eigenvalue weighted by atomic mass is 9.96. The molecule has 0 amide bonds. The van der Waals surface area contributed by atoms with E-state index in [1.54, 1.807) is 23.5 Å². The number of hydrogen-bond donors (Lipinski definition) is 1. The summed E-state index contributed by atoms with van der Waals surface area (Å²) in [6.45, 7) is 3.83. The number of aryl methyl sites for hydroxylation is 2. The van der Waals surface area contributed by atoms with Crippen LogP contribution in [0.2, 0.25) is 0 Å². The van der Waals surface area contributed by atoms with Crippen molar-refractivity contribution in [3.05, 3.63) is 45.2 Å². The lowest BCUT2D eigenvalue weighted by Crippen LogP contribution is -2.26. The number of rotatable bonds is 3. The van der Waals surface area contributed by atoms with Crippen LogP contribution in [0, 0.1) is 0 Å². The van der Waals surface area contributed by atoms with Crippen LogP contribution >= 0.6 is 11.3 Å². The number of hydrogen-bond acceptors (Lipinski definition) is 3. The average molecular weight is 289 g/mol. The molecule has 104 valence electrons. The van der Waals surface area contributed by atoms with Crippen LogP contribution in [-0.2, 0) is 19.4 Å². The van der Waals surface area contributed by atoms with Gasteiger partial charge < -0.3 is 5.11 Å². The van der Waals surface area contributed by atoms with E-state index in [1.165, 1.54) is 9.44 Å². The molecule has 0 saturated heterocycles. The molecule has 0 unspecified atom stereocenters. The molecule has 0 bridgehead atoms. The zero-order valence-corrected chi connectivity index (χ0v) is 11.8. The Kier molecular flexibility index (Phi) is 3.22. The zero-order valence-electron chi connectivity index (χ0n) is 11.0. The summed E-state index contributed by atoms with van der Waals surface area (Å²) in [5.74, 6) is -1.07. The van der Waals surface area contributed by atoms with Crippen molar-refractivity contribution in [1.29, 1.82) is 0 Å². The summed E-state index contributed by atoms with van der Waals surface area (Å²) in [5.41, 5.74) is 0.983. The average Bonchev–Trinajstić information content (AvgIpc) is 2.80. The second kappa shape index (κ2) is 4.90. The second-order valence-electron chi connectivity index (χ2n) is 4.99. The number of allylic oxidation sites excluding steroid dienone is 1. The highest BCUT2D eigenvalue weighted by Crippen LogP contribution is 2.35. The summed E-state index contributed by atoms with van der Waals surface area (Å²) in [6, 6.07) is 1.63. The van der Waals surface area contributed by atoms with Gasteiger partial charge in [-0.2, -0.15) is 0 Å². The molecule has 3 rings (SSSR count). The van der Waals surface area contributed by atoms with Gasteiger partial charge in [-0.3, -0.25) is 9.36 Å². The fourth-order valence-corrected chi connectivity index (χ4v) is 4.18. The smallest absolute Gasteiger partial charge is 0.352 e. The lowest BCUT2D eigenvalue weighted by molar-refractivity contribution is 0.0684.